The fourth-order valence-corrected chi connectivity index (χ4v) is 2.38. The minimum absolute atomic E-state index is 0. The Bertz CT molecular complexity index is 641. The second-order valence-electron chi connectivity index (χ2n) is 5.60. The number of aryl methyl sites for hydroxylation is 2. The molecule has 0 aliphatic heterocycles. The maximum atomic E-state index is 5.90. The van der Waals surface area contributed by atoms with Crippen LogP contribution in [0, 0.1) is 13.8 Å². The first-order valence-corrected chi connectivity index (χ1v) is 8.24. The summed E-state index contributed by atoms with van der Waals surface area (Å²) in [5.74, 6) is 1.77. The van der Waals surface area contributed by atoms with Gasteiger partial charge < -0.3 is 15.4 Å². The van der Waals surface area contributed by atoms with E-state index in [2.05, 4.69) is 52.7 Å². The molecule has 1 aromatic heterocycles. The summed E-state index contributed by atoms with van der Waals surface area (Å²) in [6, 6.07) is 12.1. The molecule has 0 aliphatic carbocycles. The van der Waals surface area contributed by atoms with Crippen molar-refractivity contribution in [3.63, 3.8) is 0 Å². The van der Waals surface area contributed by atoms with Gasteiger partial charge in [-0.2, -0.15) is 0 Å². The minimum Gasteiger partial charge on any atom is -0.493 e. The smallest absolute Gasteiger partial charge is 0.191 e. The van der Waals surface area contributed by atoms with Gasteiger partial charge in [-0.3, -0.25) is 9.98 Å². The van der Waals surface area contributed by atoms with Gasteiger partial charge in [-0.25, -0.2) is 0 Å². The van der Waals surface area contributed by atoms with E-state index in [4.69, 9.17) is 4.74 Å². The van der Waals surface area contributed by atoms with Gasteiger partial charge in [-0.15, -0.1) is 24.0 Å². The molecule has 0 fully saturated rings. The molecule has 0 saturated heterocycles. The van der Waals surface area contributed by atoms with Crippen molar-refractivity contribution in [2.24, 2.45) is 4.99 Å². The van der Waals surface area contributed by atoms with Crippen LogP contribution in [-0.2, 0) is 6.54 Å². The number of aromatic nitrogens is 1. The van der Waals surface area contributed by atoms with Crippen LogP contribution in [0.5, 0.6) is 5.75 Å². The van der Waals surface area contributed by atoms with E-state index in [0.29, 0.717) is 13.2 Å². The average molecular weight is 454 g/mol. The highest BCUT2D eigenvalue weighted by molar-refractivity contribution is 14.0. The molecule has 25 heavy (non-hydrogen) atoms. The molecule has 0 unspecified atom stereocenters. The molecule has 2 aromatic rings. The van der Waals surface area contributed by atoms with Crippen molar-refractivity contribution >= 4 is 29.9 Å². The number of aliphatic imine (C=N–C) groups is 1. The predicted octanol–water partition coefficient (Wildman–Crippen LogP) is 3.45. The van der Waals surface area contributed by atoms with E-state index in [1.807, 2.05) is 18.2 Å². The fraction of sp³-hybridized carbons (Fsp3) is 0.368. The van der Waals surface area contributed by atoms with Crippen LogP contribution >= 0.6 is 24.0 Å². The monoisotopic (exact) mass is 454 g/mol. The van der Waals surface area contributed by atoms with Gasteiger partial charge in [0.2, 0.25) is 0 Å². The molecule has 0 spiro atoms. The van der Waals surface area contributed by atoms with E-state index in [1.54, 1.807) is 13.2 Å². The lowest BCUT2D eigenvalue weighted by molar-refractivity contribution is 0.307. The number of halogens is 1. The quantitative estimate of drug-likeness (QED) is 0.291. The molecule has 1 aromatic carbocycles. The summed E-state index contributed by atoms with van der Waals surface area (Å²) >= 11 is 0. The van der Waals surface area contributed by atoms with Crippen molar-refractivity contribution in [2.75, 3.05) is 20.2 Å². The average Bonchev–Trinajstić information content (AvgIpc) is 2.60. The zero-order chi connectivity index (χ0) is 17.2. The zero-order valence-corrected chi connectivity index (χ0v) is 17.4. The number of ether oxygens (including phenoxy) is 1. The zero-order valence-electron chi connectivity index (χ0n) is 15.1. The van der Waals surface area contributed by atoms with E-state index >= 15 is 0 Å². The molecule has 0 bridgehead atoms. The number of rotatable bonds is 7. The summed E-state index contributed by atoms with van der Waals surface area (Å²) in [6.07, 6.45) is 2.69. The third-order valence-corrected chi connectivity index (χ3v) is 3.66. The predicted molar refractivity (Wildman–Crippen MR) is 114 cm³/mol. The molecular weight excluding hydrogens is 427 g/mol. The Hall–Kier alpha value is -1.83. The van der Waals surface area contributed by atoms with Crippen molar-refractivity contribution in [1.82, 2.24) is 15.6 Å². The summed E-state index contributed by atoms with van der Waals surface area (Å²) in [7, 11) is 1.76. The Kier molecular flexibility index (Phi) is 9.91. The van der Waals surface area contributed by atoms with Crippen LogP contribution in [0.15, 0.2) is 47.6 Å². The van der Waals surface area contributed by atoms with Gasteiger partial charge in [0.25, 0.3) is 0 Å². The third-order valence-electron chi connectivity index (χ3n) is 3.66. The fourth-order valence-electron chi connectivity index (χ4n) is 2.38. The topological polar surface area (TPSA) is 58.5 Å². The lowest BCUT2D eigenvalue weighted by atomic mass is 10.1. The van der Waals surface area contributed by atoms with Gasteiger partial charge >= 0.3 is 0 Å². The Morgan fingerprint density at radius 2 is 1.84 bits per heavy atom. The second kappa shape index (κ2) is 11.7. The van der Waals surface area contributed by atoms with Crippen LogP contribution in [0.4, 0.5) is 0 Å². The molecule has 0 radical (unpaired) electrons. The van der Waals surface area contributed by atoms with Crippen molar-refractivity contribution < 1.29 is 4.74 Å². The maximum Gasteiger partial charge on any atom is 0.191 e. The first-order valence-electron chi connectivity index (χ1n) is 8.24. The third kappa shape index (κ3) is 7.29. The number of nitrogens with one attached hydrogen (secondary N) is 2. The molecular formula is C19H27IN4O. The number of guanidine groups is 1. The van der Waals surface area contributed by atoms with Gasteiger partial charge in [0.15, 0.2) is 5.96 Å². The van der Waals surface area contributed by atoms with Crippen molar-refractivity contribution in [3.8, 4) is 5.75 Å². The number of pyridine rings is 1. The Morgan fingerprint density at radius 3 is 2.48 bits per heavy atom. The summed E-state index contributed by atoms with van der Waals surface area (Å²) in [4.78, 5) is 8.49. The summed E-state index contributed by atoms with van der Waals surface area (Å²) in [5, 5.41) is 6.53. The number of benzene rings is 1. The highest BCUT2D eigenvalue weighted by Crippen LogP contribution is 2.22. The lowest BCUT2D eigenvalue weighted by Gasteiger charge is -2.13. The van der Waals surface area contributed by atoms with E-state index < -0.39 is 0 Å². The molecule has 5 nitrogen and oxygen atoms in total. The molecule has 136 valence electrons. The Labute approximate surface area is 167 Å². The van der Waals surface area contributed by atoms with Gasteiger partial charge in [0.1, 0.15) is 5.75 Å². The molecule has 6 heteroatoms. The highest BCUT2D eigenvalue weighted by atomic mass is 127. The van der Waals surface area contributed by atoms with Crippen LogP contribution in [0.2, 0.25) is 0 Å². The minimum atomic E-state index is 0. The molecule has 2 N–H and O–H groups in total. The normalized spacial score (nSPS) is 10.8. The summed E-state index contributed by atoms with van der Waals surface area (Å²) in [6.45, 7) is 6.27. The number of hydrogen-bond acceptors (Lipinski definition) is 3. The second-order valence-corrected chi connectivity index (χ2v) is 5.60. The van der Waals surface area contributed by atoms with Gasteiger partial charge in [-0.05, 0) is 43.5 Å². The summed E-state index contributed by atoms with van der Waals surface area (Å²) < 4.78 is 5.90. The Balaban J connectivity index is 0.00000312. The largest absolute Gasteiger partial charge is 0.493 e. The van der Waals surface area contributed by atoms with Gasteiger partial charge in [-0.1, -0.05) is 24.3 Å². The number of nitrogens with zero attached hydrogens (tertiary/aromatic N) is 2. The van der Waals surface area contributed by atoms with E-state index in [-0.39, 0.29) is 24.0 Å². The van der Waals surface area contributed by atoms with Crippen LogP contribution in [-0.4, -0.2) is 31.1 Å². The highest BCUT2D eigenvalue weighted by Gasteiger charge is 2.03. The number of hydrogen-bond donors (Lipinski definition) is 2. The van der Waals surface area contributed by atoms with E-state index in [9.17, 15) is 0 Å². The first kappa shape index (κ1) is 21.2. The SMILES string of the molecule is CN=C(NCCCOc1c(C)cccc1C)NCc1ccccn1.I. The molecule has 0 saturated carbocycles. The Morgan fingerprint density at radius 1 is 1.08 bits per heavy atom. The molecule has 0 amide bonds. The van der Waals surface area contributed by atoms with Crippen molar-refractivity contribution in [1.29, 1.82) is 0 Å². The van der Waals surface area contributed by atoms with E-state index in [1.165, 1.54) is 11.1 Å². The van der Waals surface area contributed by atoms with Crippen LogP contribution in [0.3, 0.4) is 0 Å². The van der Waals surface area contributed by atoms with Crippen LogP contribution in [0.1, 0.15) is 23.2 Å². The maximum absolute atomic E-state index is 5.90. The summed E-state index contributed by atoms with van der Waals surface area (Å²) in [5.41, 5.74) is 3.34. The molecule has 0 atom stereocenters. The van der Waals surface area contributed by atoms with Crippen molar-refractivity contribution in [2.45, 2.75) is 26.8 Å². The first-order chi connectivity index (χ1) is 11.7. The van der Waals surface area contributed by atoms with E-state index in [0.717, 1.165) is 30.4 Å². The lowest BCUT2D eigenvalue weighted by Crippen LogP contribution is -2.37. The molecule has 2 rings (SSSR count). The van der Waals surface area contributed by atoms with Gasteiger partial charge in [0.05, 0.1) is 18.8 Å². The van der Waals surface area contributed by atoms with Crippen LogP contribution in [0.25, 0.3) is 0 Å². The number of para-hydroxylation sites is 1. The van der Waals surface area contributed by atoms with Gasteiger partial charge in [0, 0.05) is 19.8 Å². The standard InChI is InChI=1S/C19H26N4O.HI/c1-15-8-6-9-16(2)18(15)24-13-7-12-22-19(20-3)23-14-17-10-4-5-11-21-17;/h4-6,8-11H,7,12-14H2,1-3H3,(H2,20,22,23);1H. The van der Waals surface area contributed by atoms with Crippen molar-refractivity contribution in [3.05, 3.63) is 59.4 Å². The van der Waals surface area contributed by atoms with Crippen LogP contribution < -0.4 is 15.4 Å². The molecule has 0 aliphatic rings. The molecule has 1 heterocycles.